The molecule has 0 aliphatic rings. The predicted molar refractivity (Wildman–Crippen MR) is 88.1 cm³/mol. The van der Waals surface area contributed by atoms with Gasteiger partial charge >= 0.3 is 0 Å². The first-order valence-electron chi connectivity index (χ1n) is 7.63. The molecule has 2 heterocycles. The van der Waals surface area contributed by atoms with Crippen LogP contribution in [-0.4, -0.2) is 45.2 Å². The molecule has 0 aliphatic heterocycles. The Bertz CT molecular complexity index is 564. The minimum Gasteiger partial charge on any atom is -0.350 e. The van der Waals surface area contributed by atoms with Gasteiger partial charge < -0.3 is 10.2 Å². The van der Waals surface area contributed by atoms with Gasteiger partial charge in [-0.2, -0.15) is 4.98 Å². The van der Waals surface area contributed by atoms with E-state index >= 15 is 0 Å². The van der Waals surface area contributed by atoms with Crippen LogP contribution in [0.4, 0.5) is 5.95 Å². The molecular formula is C15H24ClN5. The monoisotopic (exact) mass is 309 g/mol. The Morgan fingerprint density at radius 3 is 2.81 bits per heavy atom. The third-order valence-electron chi connectivity index (χ3n) is 3.68. The van der Waals surface area contributed by atoms with E-state index in [0.29, 0.717) is 17.0 Å². The van der Waals surface area contributed by atoms with Gasteiger partial charge in [0, 0.05) is 12.2 Å². The molecule has 1 unspecified atom stereocenters. The maximum atomic E-state index is 5.95. The van der Waals surface area contributed by atoms with Crippen LogP contribution < -0.4 is 5.32 Å². The van der Waals surface area contributed by atoms with Crippen molar-refractivity contribution in [3.63, 3.8) is 0 Å². The van der Waals surface area contributed by atoms with Crippen molar-refractivity contribution in [2.24, 2.45) is 0 Å². The molecule has 0 bridgehead atoms. The summed E-state index contributed by atoms with van der Waals surface area (Å²) in [7, 11) is 0. The minimum absolute atomic E-state index is 0.355. The zero-order valence-corrected chi connectivity index (χ0v) is 13.8. The van der Waals surface area contributed by atoms with Gasteiger partial charge in [0.15, 0.2) is 5.65 Å². The summed E-state index contributed by atoms with van der Waals surface area (Å²) in [5.41, 5.74) is 0.803. The molecule has 1 N–H and O–H groups in total. The van der Waals surface area contributed by atoms with Crippen molar-refractivity contribution in [2.75, 3.05) is 25.0 Å². The number of fused-ring (bicyclic) bond motifs is 1. The third-order valence-corrected chi connectivity index (χ3v) is 3.90. The summed E-state index contributed by atoms with van der Waals surface area (Å²) in [5, 5.41) is 8.40. The van der Waals surface area contributed by atoms with Crippen molar-refractivity contribution in [1.82, 2.24) is 19.5 Å². The maximum absolute atomic E-state index is 5.95. The number of rotatable bonds is 8. The quantitative estimate of drug-likeness (QED) is 0.812. The van der Waals surface area contributed by atoms with E-state index in [1.165, 1.54) is 6.42 Å². The average molecular weight is 310 g/mol. The van der Waals surface area contributed by atoms with Gasteiger partial charge in [-0.25, -0.2) is 4.52 Å². The van der Waals surface area contributed by atoms with Gasteiger partial charge in [0.1, 0.15) is 0 Å². The highest BCUT2D eigenvalue weighted by Gasteiger charge is 2.08. The van der Waals surface area contributed by atoms with Crippen molar-refractivity contribution in [3.05, 3.63) is 23.4 Å². The molecule has 0 saturated carbocycles. The Morgan fingerprint density at radius 2 is 2.10 bits per heavy atom. The molecule has 0 fully saturated rings. The number of nitrogens with one attached hydrogen (secondary N) is 1. The van der Waals surface area contributed by atoms with Crippen LogP contribution in [0.25, 0.3) is 5.65 Å². The van der Waals surface area contributed by atoms with Gasteiger partial charge in [0.2, 0.25) is 5.95 Å². The van der Waals surface area contributed by atoms with Crippen molar-refractivity contribution in [1.29, 1.82) is 0 Å². The van der Waals surface area contributed by atoms with E-state index in [1.54, 1.807) is 10.7 Å². The normalized spacial score (nSPS) is 13.0. The summed E-state index contributed by atoms with van der Waals surface area (Å²) >= 11 is 5.95. The number of pyridine rings is 1. The Kier molecular flexibility index (Phi) is 5.82. The number of hydrogen-bond acceptors (Lipinski definition) is 4. The Morgan fingerprint density at radius 1 is 1.33 bits per heavy atom. The highest BCUT2D eigenvalue weighted by Crippen LogP contribution is 2.12. The van der Waals surface area contributed by atoms with E-state index in [0.717, 1.165) is 31.7 Å². The first-order valence-corrected chi connectivity index (χ1v) is 8.01. The molecule has 0 amide bonds. The molecule has 6 heteroatoms. The number of halogens is 1. The van der Waals surface area contributed by atoms with E-state index in [1.807, 2.05) is 12.1 Å². The molecular weight excluding hydrogens is 286 g/mol. The van der Waals surface area contributed by atoms with Crippen LogP contribution in [0.3, 0.4) is 0 Å². The number of nitrogens with zero attached hydrogens (tertiary/aromatic N) is 4. The molecule has 2 aromatic heterocycles. The lowest BCUT2D eigenvalue weighted by Crippen LogP contribution is -2.25. The van der Waals surface area contributed by atoms with Crippen LogP contribution in [0.5, 0.6) is 0 Å². The van der Waals surface area contributed by atoms with Crippen molar-refractivity contribution < 1.29 is 0 Å². The lowest BCUT2D eigenvalue weighted by Gasteiger charge is -2.19. The fourth-order valence-corrected chi connectivity index (χ4v) is 2.53. The van der Waals surface area contributed by atoms with E-state index in [4.69, 9.17) is 11.6 Å². The largest absolute Gasteiger partial charge is 0.350 e. The second-order valence-electron chi connectivity index (χ2n) is 5.30. The lowest BCUT2D eigenvalue weighted by atomic mass is 10.2. The second kappa shape index (κ2) is 7.61. The smallest absolute Gasteiger partial charge is 0.243 e. The number of aromatic nitrogens is 3. The molecule has 0 radical (unpaired) electrons. The average Bonchev–Trinajstić information content (AvgIpc) is 2.84. The van der Waals surface area contributed by atoms with Crippen LogP contribution in [0.1, 0.15) is 33.6 Å². The molecule has 5 nitrogen and oxygen atoms in total. The van der Waals surface area contributed by atoms with E-state index < -0.39 is 0 Å². The van der Waals surface area contributed by atoms with Crippen LogP contribution in [-0.2, 0) is 0 Å². The summed E-state index contributed by atoms with van der Waals surface area (Å²) in [4.78, 5) is 6.88. The molecule has 1 atom stereocenters. The van der Waals surface area contributed by atoms with Gasteiger partial charge in [-0.15, -0.1) is 5.10 Å². The third kappa shape index (κ3) is 4.58. The van der Waals surface area contributed by atoms with Crippen molar-refractivity contribution >= 4 is 23.2 Å². The molecule has 21 heavy (non-hydrogen) atoms. The first kappa shape index (κ1) is 16.0. The van der Waals surface area contributed by atoms with Crippen molar-refractivity contribution in [3.8, 4) is 0 Å². The van der Waals surface area contributed by atoms with E-state index in [9.17, 15) is 0 Å². The SMILES string of the molecule is CCN(CC)CCCC(C)Nc1nc2ccc(Cl)cn2n1. The van der Waals surface area contributed by atoms with Gasteiger partial charge in [-0.05, 0) is 51.5 Å². The topological polar surface area (TPSA) is 45.5 Å². The van der Waals surface area contributed by atoms with Crippen LogP contribution in [0.2, 0.25) is 5.02 Å². The highest BCUT2D eigenvalue weighted by molar-refractivity contribution is 6.30. The van der Waals surface area contributed by atoms with Crippen LogP contribution in [0.15, 0.2) is 18.3 Å². The Balaban J connectivity index is 1.85. The Labute approximate surface area is 131 Å². The highest BCUT2D eigenvalue weighted by atomic mass is 35.5. The zero-order valence-electron chi connectivity index (χ0n) is 13.0. The zero-order chi connectivity index (χ0) is 15.2. The van der Waals surface area contributed by atoms with Gasteiger partial charge in [0.05, 0.1) is 5.02 Å². The first-order chi connectivity index (χ1) is 10.1. The van der Waals surface area contributed by atoms with Gasteiger partial charge in [0.25, 0.3) is 0 Å². The predicted octanol–water partition coefficient (Wildman–Crippen LogP) is 3.31. The second-order valence-corrected chi connectivity index (χ2v) is 5.74. The summed E-state index contributed by atoms with van der Waals surface area (Å²) in [6.07, 6.45) is 4.04. The van der Waals surface area contributed by atoms with Gasteiger partial charge in [-0.3, -0.25) is 0 Å². The standard InChI is InChI=1S/C15H24ClN5/c1-4-20(5-2)10-6-7-12(3)17-15-18-14-9-8-13(16)11-21(14)19-15/h8-9,11-12H,4-7,10H2,1-3H3,(H,17,19). The van der Waals surface area contributed by atoms with Crippen LogP contribution in [0, 0.1) is 0 Å². The lowest BCUT2D eigenvalue weighted by molar-refractivity contribution is 0.295. The summed E-state index contributed by atoms with van der Waals surface area (Å²) in [5.74, 6) is 0.660. The molecule has 2 rings (SSSR count). The molecule has 0 saturated heterocycles. The maximum Gasteiger partial charge on any atom is 0.243 e. The fraction of sp³-hybridized carbons (Fsp3) is 0.600. The summed E-state index contributed by atoms with van der Waals surface area (Å²) in [6, 6.07) is 4.04. The molecule has 2 aromatic rings. The minimum atomic E-state index is 0.355. The molecule has 0 aromatic carbocycles. The number of anilines is 1. The summed E-state index contributed by atoms with van der Waals surface area (Å²) < 4.78 is 1.70. The van der Waals surface area contributed by atoms with Crippen LogP contribution >= 0.6 is 11.6 Å². The molecule has 116 valence electrons. The van der Waals surface area contributed by atoms with Crippen molar-refractivity contribution in [2.45, 2.75) is 39.7 Å². The molecule has 0 aliphatic carbocycles. The van der Waals surface area contributed by atoms with Gasteiger partial charge in [-0.1, -0.05) is 25.4 Å². The van der Waals surface area contributed by atoms with E-state index in [2.05, 4.69) is 41.1 Å². The summed E-state index contributed by atoms with van der Waals surface area (Å²) in [6.45, 7) is 9.96. The molecule has 0 spiro atoms. The van der Waals surface area contributed by atoms with E-state index in [-0.39, 0.29) is 0 Å². The number of hydrogen-bond donors (Lipinski definition) is 1. The Hall–Kier alpha value is -1.33. The fourth-order valence-electron chi connectivity index (χ4n) is 2.37.